The van der Waals surface area contributed by atoms with Crippen LogP contribution >= 0.6 is 11.3 Å². The van der Waals surface area contributed by atoms with E-state index >= 15 is 0 Å². The van der Waals surface area contributed by atoms with Gasteiger partial charge in [-0.25, -0.2) is 4.98 Å². The number of aryl methyl sites for hydroxylation is 3. The zero-order valence-electron chi connectivity index (χ0n) is 13.8. The second-order valence-electron chi connectivity index (χ2n) is 6.27. The topological polar surface area (TPSA) is 38.1 Å². The van der Waals surface area contributed by atoms with E-state index in [9.17, 15) is 4.79 Å². The third-order valence-electron chi connectivity index (χ3n) is 4.74. The Hall–Kier alpha value is -1.62. The maximum Gasteiger partial charge on any atom is 0.224 e. The molecule has 23 heavy (non-hydrogen) atoms. The molecule has 1 aliphatic rings. The Morgan fingerprint density at radius 3 is 3.09 bits per heavy atom. The third kappa shape index (κ3) is 4.22. The standard InChI is InChI=1S/C18H25N3OS/c1-15-19-10-13-20(15)12-9-18(22)21-11-3-2-5-16(21)7-8-17-6-4-14-23-17/h4,6,10,13-14,16H,2-3,5,7-9,11-12H2,1H3. The summed E-state index contributed by atoms with van der Waals surface area (Å²) < 4.78 is 2.06. The van der Waals surface area contributed by atoms with Crippen molar-refractivity contribution < 1.29 is 4.79 Å². The summed E-state index contributed by atoms with van der Waals surface area (Å²) in [4.78, 5) is 20.5. The molecule has 0 radical (unpaired) electrons. The summed E-state index contributed by atoms with van der Waals surface area (Å²) >= 11 is 1.82. The highest BCUT2D eigenvalue weighted by Gasteiger charge is 2.26. The highest BCUT2D eigenvalue weighted by atomic mass is 32.1. The predicted octanol–water partition coefficient (Wildman–Crippen LogP) is 3.66. The van der Waals surface area contributed by atoms with Gasteiger partial charge in [0.25, 0.3) is 0 Å². The summed E-state index contributed by atoms with van der Waals surface area (Å²) in [6, 6.07) is 4.72. The minimum Gasteiger partial charge on any atom is -0.340 e. The number of likely N-dealkylation sites (tertiary alicyclic amines) is 1. The lowest BCUT2D eigenvalue weighted by Gasteiger charge is -2.36. The van der Waals surface area contributed by atoms with Gasteiger partial charge in [-0.15, -0.1) is 11.3 Å². The SMILES string of the molecule is Cc1nccn1CCC(=O)N1CCCCC1CCc1cccs1. The monoisotopic (exact) mass is 331 g/mol. The van der Waals surface area contributed by atoms with Crippen LogP contribution in [0.25, 0.3) is 0 Å². The molecule has 0 saturated carbocycles. The lowest BCUT2D eigenvalue weighted by Crippen LogP contribution is -2.44. The molecule has 1 unspecified atom stereocenters. The Labute approximate surface area is 142 Å². The highest BCUT2D eigenvalue weighted by Crippen LogP contribution is 2.23. The Balaban J connectivity index is 1.54. The van der Waals surface area contributed by atoms with Crippen molar-refractivity contribution in [1.82, 2.24) is 14.5 Å². The van der Waals surface area contributed by atoms with Crippen molar-refractivity contribution in [3.63, 3.8) is 0 Å². The first-order chi connectivity index (χ1) is 11.2. The number of hydrogen-bond acceptors (Lipinski definition) is 3. The molecule has 0 aliphatic carbocycles. The van der Waals surface area contributed by atoms with Gasteiger partial charge in [-0.05, 0) is 50.5 Å². The van der Waals surface area contributed by atoms with Crippen LogP contribution in [0.2, 0.25) is 0 Å². The van der Waals surface area contributed by atoms with Crippen LogP contribution in [0, 0.1) is 6.92 Å². The van der Waals surface area contributed by atoms with Crippen LogP contribution in [0.3, 0.4) is 0 Å². The zero-order chi connectivity index (χ0) is 16.1. The zero-order valence-corrected chi connectivity index (χ0v) is 14.6. The fraction of sp³-hybridized carbons (Fsp3) is 0.556. The first-order valence-electron chi connectivity index (χ1n) is 8.53. The Kier molecular flexibility index (Phi) is 5.49. The van der Waals surface area contributed by atoms with Crippen LogP contribution in [0.1, 0.15) is 42.8 Å². The average molecular weight is 331 g/mol. The molecule has 5 heteroatoms. The lowest BCUT2D eigenvalue weighted by molar-refractivity contribution is -0.135. The van der Waals surface area contributed by atoms with Crippen LogP contribution in [0.15, 0.2) is 29.9 Å². The van der Waals surface area contributed by atoms with E-state index in [-0.39, 0.29) is 0 Å². The van der Waals surface area contributed by atoms with Crippen molar-refractivity contribution in [3.05, 3.63) is 40.6 Å². The second-order valence-corrected chi connectivity index (χ2v) is 7.30. The molecule has 3 rings (SSSR count). The van der Waals surface area contributed by atoms with E-state index in [1.165, 1.54) is 11.3 Å². The maximum absolute atomic E-state index is 12.7. The van der Waals surface area contributed by atoms with Crippen molar-refractivity contribution in [3.8, 4) is 0 Å². The number of nitrogens with zero attached hydrogens (tertiary/aromatic N) is 3. The van der Waals surface area contributed by atoms with Crippen LogP contribution in [0.4, 0.5) is 0 Å². The van der Waals surface area contributed by atoms with Gasteiger partial charge in [-0.1, -0.05) is 6.07 Å². The predicted molar refractivity (Wildman–Crippen MR) is 93.6 cm³/mol. The van der Waals surface area contributed by atoms with E-state index in [1.54, 1.807) is 6.20 Å². The minimum atomic E-state index is 0.300. The normalized spacial score (nSPS) is 18.3. The van der Waals surface area contributed by atoms with Crippen molar-refractivity contribution in [2.45, 2.75) is 58.0 Å². The lowest BCUT2D eigenvalue weighted by atomic mass is 9.97. The number of piperidine rings is 1. The molecule has 2 aromatic rings. The van der Waals surface area contributed by atoms with Gasteiger partial charge in [0.15, 0.2) is 0 Å². The van der Waals surface area contributed by atoms with E-state index in [1.807, 2.05) is 24.5 Å². The Bertz CT molecular complexity index is 620. The Morgan fingerprint density at radius 2 is 2.35 bits per heavy atom. The summed E-state index contributed by atoms with van der Waals surface area (Å²) in [6.45, 7) is 3.64. The largest absolute Gasteiger partial charge is 0.340 e. The van der Waals surface area contributed by atoms with Gasteiger partial charge in [0.05, 0.1) is 0 Å². The number of carbonyl (C=O) groups is 1. The molecule has 0 spiro atoms. The van der Waals surface area contributed by atoms with E-state index in [0.29, 0.717) is 18.4 Å². The van der Waals surface area contributed by atoms with Gasteiger partial charge in [-0.2, -0.15) is 0 Å². The molecular formula is C18H25N3OS. The molecule has 1 aliphatic heterocycles. The summed E-state index contributed by atoms with van der Waals surface area (Å²) in [5.41, 5.74) is 0. The number of rotatable bonds is 6. The molecule has 4 nitrogen and oxygen atoms in total. The Morgan fingerprint density at radius 1 is 1.43 bits per heavy atom. The first kappa shape index (κ1) is 16.2. The number of thiophene rings is 1. The van der Waals surface area contributed by atoms with E-state index in [2.05, 4.69) is 32.0 Å². The number of carbonyl (C=O) groups excluding carboxylic acids is 1. The molecule has 0 aromatic carbocycles. The molecule has 1 atom stereocenters. The number of aromatic nitrogens is 2. The molecule has 0 bridgehead atoms. The molecule has 0 N–H and O–H groups in total. The maximum atomic E-state index is 12.7. The third-order valence-corrected chi connectivity index (χ3v) is 5.68. The van der Waals surface area contributed by atoms with Gasteiger partial charge in [-0.3, -0.25) is 4.79 Å². The molecule has 1 saturated heterocycles. The number of hydrogen-bond donors (Lipinski definition) is 0. The van der Waals surface area contributed by atoms with Gasteiger partial charge >= 0.3 is 0 Å². The van der Waals surface area contributed by atoms with Gasteiger partial charge in [0, 0.05) is 42.8 Å². The fourth-order valence-electron chi connectivity index (χ4n) is 3.39. The van der Waals surface area contributed by atoms with E-state index < -0.39 is 0 Å². The van der Waals surface area contributed by atoms with Crippen molar-refractivity contribution in [1.29, 1.82) is 0 Å². The van der Waals surface area contributed by atoms with Crippen molar-refractivity contribution >= 4 is 17.2 Å². The number of imidazole rings is 1. The minimum absolute atomic E-state index is 0.300. The van der Waals surface area contributed by atoms with E-state index in [0.717, 1.165) is 44.6 Å². The summed E-state index contributed by atoms with van der Waals surface area (Å²) in [6.07, 6.45) is 10.1. The van der Waals surface area contributed by atoms with Gasteiger partial charge < -0.3 is 9.47 Å². The number of amides is 1. The van der Waals surface area contributed by atoms with Crippen LogP contribution in [-0.2, 0) is 17.8 Å². The van der Waals surface area contributed by atoms with Crippen LogP contribution in [0.5, 0.6) is 0 Å². The van der Waals surface area contributed by atoms with Crippen molar-refractivity contribution in [2.75, 3.05) is 6.54 Å². The van der Waals surface area contributed by atoms with Crippen LogP contribution < -0.4 is 0 Å². The molecule has 124 valence electrons. The van der Waals surface area contributed by atoms with Gasteiger partial charge in [0.1, 0.15) is 5.82 Å². The van der Waals surface area contributed by atoms with Gasteiger partial charge in [0.2, 0.25) is 5.91 Å². The first-order valence-corrected chi connectivity index (χ1v) is 9.41. The van der Waals surface area contributed by atoms with Crippen LogP contribution in [-0.4, -0.2) is 32.9 Å². The molecular weight excluding hydrogens is 306 g/mol. The summed E-state index contributed by atoms with van der Waals surface area (Å²) in [5, 5.41) is 2.13. The smallest absolute Gasteiger partial charge is 0.224 e. The molecule has 1 amide bonds. The fourth-order valence-corrected chi connectivity index (χ4v) is 4.12. The summed E-state index contributed by atoms with van der Waals surface area (Å²) in [5.74, 6) is 1.28. The summed E-state index contributed by atoms with van der Waals surface area (Å²) in [7, 11) is 0. The highest BCUT2D eigenvalue weighted by molar-refractivity contribution is 7.09. The molecule has 2 aromatic heterocycles. The van der Waals surface area contributed by atoms with E-state index in [4.69, 9.17) is 0 Å². The molecule has 1 fully saturated rings. The van der Waals surface area contributed by atoms with Crippen molar-refractivity contribution in [2.24, 2.45) is 0 Å². The molecule has 3 heterocycles. The average Bonchev–Trinajstić information content (AvgIpc) is 3.22. The second kappa shape index (κ2) is 7.77. The quantitative estimate of drug-likeness (QED) is 0.810.